The molecular formula is C15H19N3O2. The quantitative estimate of drug-likeness (QED) is 0.839. The minimum absolute atomic E-state index is 0.0527. The molecule has 0 aliphatic carbocycles. The molecule has 0 saturated heterocycles. The van der Waals surface area contributed by atoms with Gasteiger partial charge in [-0.25, -0.2) is 5.01 Å². The van der Waals surface area contributed by atoms with Gasteiger partial charge in [-0.2, -0.15) is 5.10 Å². The Kier molecular flexibility index (Phi) is 4.17. The predicted octanol–water partition coefficient (Wildman–Crippen LogP) is 1.56. The van der Waals surface area contributed by atoms with E-state index in [-0.39, 0.29) is 11.8 Å². The third-order valence-corrected chi connectivity index (χ3v) is 3.47. The van der Waals surface area contributed by atoms with Crippen molar-refractivity contribution in [3.05, 3.63) is 35.4 Å². The molecule has 1 aromatic carbocycles. The molecule has 5 nitrogen and oxygen atoms in total. The van der Waals surface area contributed by atoms with Gasteiger partial charge in [0.15, 0.2) is 0 Å². The molecule has 0 saturated carbocycles. The second-order valence-corrected chi connectivity index (χ2v) is 5.05. The summed E-state index contributed by atoms with van der Waals surface area (Å²) >= 11 is 0. The summed E-state index contributed by atoms with van der Waals surface area (Å²) in [5, 5.41) is 5.31. The molecule has 0 unspecified atom stereocenters. The number of carbonyl (C=O) groups is 2. The van der Waals surface area contributed by atoms with Crippen LogP contribution in [0.5, 0.6) is 0 Å². The Morgan fingerprint density at radius 3 is 2.70 bits per heavy atom. The summed E-state index contributed by atoms with van der Waals surface area (Å²) in [7, 11) is 3.34. The fraction of sp³-hybridized carbons (Fsp3) is 0.400. The Balaban J connectivity index is 2.08. The van der Waals surface area contributed by atoms with E-state index >= 15 is 0 Å². The Morgan fingerprint density at radius 1 is 1.35 bits per heavy atom. The van der Waals surface area contributed by atoms with Crippen LogP contribution >= 0.6 is 0 Å². The lowest BCUT2D eigenvalue weighted by molar-refractivity contribution is -0.130. The van der Waals surface area contributed by atoms with Crippen LogP contribution in [0.25, 0.3) is 0 Å². The predicted molar refractivity (Wildman–Crippen MR) is 77.1 cm³/mol. The van der Waals surface area contributed by atoms with Crippen LogP contribution in [0.4, 0.5) is 0 Å². The Labute approximate surface area is 118 Å². The van der Waals surface area contributed by atoms with Gasteiger partial charge in [-0.15, -0.1) is 0 Å². The second-order valence-electron chi connectivity index (χ2n) is 5.05. The zero-order valence-corrected chi connectivity index (χ0v) is 12.1. The van der Waals surface area contributed by atoms with Crippen molar-refractivity contribution in [3.8, 4) is 0 Å². The molecule has 0 bridgehead atoms. The summed E-state index contributed by atoms with van der Waals surface area (Å²) in [5.74, 6) is -0.171. The molecule has 0 spiro atoms. The molecule has 2 amide bonds. The molecule has 1 heterocycles. The first-order chi connectivity index (χ1) is 9.49. The van der Waals surface area contributed by atoms with Crippen molar-refractivity contribution < 1.29 is 9.59 Å². The third-order valence-electron chi connectivity index (χ3n) is 3.47. The summed E-state index contributed by atoms with van der Waals surface area (Å²) < 4.78 is 0. The summed E-state index contributed by atoms with van der Waals surface area (Å²) in [6.07, 6.45) is 0.763. The van der Waals surface area contributed by atoms with E-state index in [0.29, 0.717) is 25.1 Å². The Bertz CT molecular complexity index is 566. The summed E-state index contributed by atoms with van der Waals surface area (Å²) in [4.78, 5) is 25.3. The number of hydrazone groups is 1. The van der Waals surface area contributed by atoms with E-state index in [1.165, 1.54) is 5.01 Å². The molecule has 1 aliphatic heterocycles. The van der Waals surface area contributed by atoms with Gasteiger partial charge >= 0.3 is 0 Å². The number of hydrogen-bond acceptors (Lipinski definition) is 3. The lowest BCUT2D eigenvalue weighted by atomic mass is 10.1. The maximum absolute atomic E-state index is 12.3. The van der Waals surface area contributed by atoms with E-state index < -0.39 is 0 Å². The molecule has 106 valence electrons. The van der Waals surface area contributed by atoms with Gasteiger partial charge < -0.3 is 4.90 Å². The first kappa shape index (κ1) is 14.2. The molecule has 5 heteroatoms. The molecule has 2 rings (SSSR count). The highest BCUT2D eigenvalue weighted by atomic mass is 16.2. The van der Waals surface area contributed by atoms with E-state index in [1.54, 1.807) is 19.0 Å². The van der Waals surface area contributed by atoms with Crippen LogP contribution in [0.1, 0.15) is 24.0 Å². The van der Waals surface area contributed by atoms with Gasteiger partial charge in [0.2, 0.25) is 5.91 Å². The highest BCUT2D eigenvalue weighted by Gasteiger charge is 2.24. The molecule has 0 N–H and O–H groups in total. The molecule has 0 atom stereocenters. The second kappa shape index (κ2) is 5.86. The topological polar surface area (TPSA) is 53.0 Å². The van der Waals surface area contributed by atoms with Gasteiger partial charge in [0.25, 0.3) is 5.91 Å². The maximum atomic E-state index is 12.3. The van der Waals surface area contributed by atoms with Crippen LogP contribution in [0.3, 0.4) is 0 Å². The highest BCUT2D eigenvalue weighted by molar-refractivity contribution is 6.39. The van der Waals surface area contributed by atoms with Gasteiger partial charge in [-0.3, -0.25) is 9.59 Å². The largest absolute Gasteiger partial charge is 0.336 e. The van der Waals surface area contributed by atoms with E-state index in [0.717, 1.165) is 11.1 Å². The van der Waals surface area contributed by atoms with Crippen molar-refractivity contribution >= 4 is 17.5 Å². The van der Waals surface area contributed by atoms with E-state index in [4.69, 9.17) is 0 Å². The minimum Gasteiger partial charge on any atom is -0.336 e. The lowest BCUT2D eigenvalue weighted by Crippen LogP contribution is -2.38. The van der Waals surface area contributed by atoms with Crippen molar-refractivity contribution in [2.75, 3.05) is 14.1 Å². The summed E-state index contributed by atoms with van der Waals surface area (Å²) in [5.41, 5.74) is 2.72. The molecule has 0 fully saturated rings. The number of benzene rings is 1. The summed E-state index contributed by atoms with van der Waals surface area (Å²) in [6, 6.07) is 7.98. The van der Waals surface area contributed by atoms with Gasteiger partial charge in [0.1, 0.15) is 5.71 Å². The van der Waals surface area contributed by atoms with Crippen LogP contribution in [0, 0.1) is 6.92 Å². The fourth-order valence-corrected chi connectivity index (χ4v) is 2.16. The average molecular weight is 273 g/mol. The summed E-state index contributed by atoms with van der Waals surface area (Å²) in [6.45, 7) is 2.57. The van der Waals surface area contributed by atoms with E-state index in [9.17, 15) is 9.59 Å². The average Bonchev–Trinajstić information content (AvgIpc) is 2.43. The monoisotopic (exact) mass is 273 g/mol. The number of aryl methyl sites for hydroxylation is 1. The number of amides is 2. The lowest BCUT2D eigenvalue weighted by Gasteiger charge is -2.23. The first-order valence-corrected chi connectivity index (χ1v) is 6.63. The van der Waals surface area contributed by atoms with Crippen molar-refractivity contribution in [3.63, 3.8) is 0 Å². The third kappa shape index (κ3) is 3.04. The van der Waals surface area contributed by atoms with Crippen LogP contribution < -0.4 is 0 Å². The van der Waals surface area contributed by atoms with Gasteiger partial charge in [-0.1, -0.05) is 24.3 Å². The van der Waals surface area contributed by atoms with Gasteiger partial charge in [0, 0.05) is 33.5 Å². The van der Waals surface area contributed by atoms with Crippen LogP contribution in [0.15, 0.2) is 29.4 Å². The molecule has 0 aromatic heterocycles. The number of hydrogen-bond donors (Lipinski definition) is 0. The number of carbonyl (C=O) groups excluding carboxylic acids is 2. The smallest absolute Gasteiger partial charge is 0.270 e. The molecule has 20 heavy (non-hydrogen) atoms. The molecular weight excluding hydrogens is 254 g/mol. The van der Waals surface area contributed by atoms with Crippen LogP contribution in [-0.2, 0) is 16.1 Å². The SMILES string of the molecule is Cc1ccccc1CN(C)C(=O)C1=NN(C)C(=O)CC1. The fourth-order valence-electron chi connectivity index (χ4n) is 2.16. The Morgan fingerprint density at radius 2 is 2.05 bits per heavy atom. The van der Waals surface area contributed by atoms with E-state index in [1.807, 2.05) is 31.2 Å². The normalized spacial score (nSPS) is 15.1. The van der Waals surface area contributed by atoms with Crippen molar-refractivity contribution in [2.24, 2.45) is 5.10 Å². The van der Waals surface area contributed by atoms with Crippen molar-refractivity contribution in [2.45, 2.75) is 26.3 Å². The Hall–Kier alpha value is -2.17. The van der Waals surface area contributed by atoms with Gasteiger partial charge in [0.05, 0.1) is 0 Å². The minimum atomic E-state index is -0.118. The van der Waals surface area contributed by atoms with E-state index in [2.05, 4.69) is 5.10 Å². The highest BCUT2D eigenvalue weighted by Crippen LogP contribution is 2.13. The van der Waals surface area contributed by atoms with Crippen LogP contribution in [-0.4, -0.2) is 41.5 Å². The number of nitrogens with zero attached hydrogens (tertiary/aromatic N) is 3. The zero-order chi connectivity index (χ0) is 14.7. The van der Waals surface area contributed by atoms with Crippen molar-refractivity contribution in [1.82, 2.24) is 9.91 Å². The molecule has 0 radical (unpaired) electrons. The van der Waals surface area contributed by atoms with Crippen LogP contribution in [0.2, 0.25) is 0 Å². The van der Waals surface area contributed by atoms with Crippen molar-refractivity contribution in [1.29, 1.82) is 0 Å². The molecule has 1 aromatic rings. The maximum Gasteiger partial charge on any atom is 0.270 e. The van der Waals surface area contributed by atoms with Gasteiger partial charge in [-0.05, 0) is 18.1 Å². The standard InChI is InChI=1S/C15H19N3O2/c1-11-6-4-5-7-12(11)10-17(2)15(20)13-8-9-14(19)18(3)16-13/h4-7H,8-10H2,1-3H3. The first-order valence-electron chi connectivity index (χ1n) is 6.63. The number of rotatable bonds is 3. The zero-order valence-electron chi connectivity index (χ0n) is 12.1. The molecule has 1 aliphatic rings.